The Kier molecular flexibility index (Phi) is 6.05. The monoisotopic (exact) mass is 317 g/mol. The van der Waals surface area contributed by atoms with E-state index in [2.05, 4.69) is 10.4 Å². The van der Waals surface area contributed by atoms with E-state index < -0.39 is 6.55 Å². The van der Waals surface area contributed by atoms with E-state index in [1.54, 1.807) is 6.92 Å². The Hall–Kier alpha value is -1.50. The summed E-state index contributed by atoms with van der Waals surface area (Å²) in [5.74, 6) is -0.302. The van der Waals surface area contributed by atoms with Gasteiger partial charge in [-0.05, 0) is 25.7 Å². The van der Waals surface area contributed by atoms with Crippen molar-refractivity contribution in [3.8, 4) is 0 Å². The molecule has 1 unspecified atom stereocenters. The average molecular weight is 317 g/mol. The number of halogens is 2. The molecule has 0 fully saturated rings. The first-order valence-electron chi connectivity index (χ1n) is 7.28. The predicted molar refractivity (Wildman–Crippen MR) is 79.7 cm³/mol. The lowest BCUT2D eigenvalue weighted by atomic mass is 9.88. The number of hydrogen-bond donors (Lipinski definition) is 2. The number of carbonyl (C=O) groups is 1. The van der Waals surface area contributed by atoms with Crippen LogP contribution < -0.4 is 5.32 Å². The van der Waals surface area contributed by atoms with E-state index >= 15 is 0 Å². The van der Waals surface area contributed by atoms with Crippen molar-refractivity contribution in [1.82, 2.24) is 15.1 Å². The van der Waals surface area contributed by atoms with Gasteiger partial charge in [-0.15, -0.1) is 0 Å². The topological polar surface area (TPSA) is 67.2 Å². The molecule has 0 aliphatic heterocycles. The predicted octanol–water partition coefficient (Wildman–Crippen LogP) is 2.35. The minimum absolute atomic E-state index is 0.0228. The maximum absolute atomic E-state index is 12.8. The van der Waals surface area contributed by atoms with Gasteiger partial charge in [0.05, 0.1) is 24.8 Å². The fourth-order valence-corrected chi connectivity index (χ4v) is 2.48. The quantitative estimate of drug-likeness (QED) is 0.846. The van der Waals surface area contributed by atoms with E-state index in [1.807, 2.05) is 20.8 Å². The van der Waals surface area contributed by atoms with Crippen LogP contribution in [0.1, 0.15) is 50.7 Å². The van der Waals surface area contributed by atoms with E-state index in [-0.39, 0.29) is 30.4 Å². The van der Waals surface area contributed by atoms with Crippen LogP contribution in [0.25, 0.3) is 0 Å². The van der Waals surface area contributed by atoms with Crippen LogP contribution in [0.15, 0.2) is 0 Å². The SMILES string of the molecule is Cc1nn(C(F)F)c(C)c1CC(=O)NC(CO)CC(C)(C)C. The lowest BCUT2D eigenvalue weighted by Gasteiger charge is -2.25. The van der Waals surface area contributed by atoms with Gasteiger partial charge in [0, 0.05) is 11.3 Å². The van der Waals surface area contributed by atoms with Crippen LogP contribution >= 0.6 is 0 Å². The largest absolute Gasteiger partial charge is 0.394 e. The molecule has 1 aromatic heterocycles. The van der Waals surface area contributed by atoms with E-state index in [1.165, 1.54) is 6.92 Å². The van der Waals surface area contributed by atoms with Gasteiger partial charge in [0.15, 0.2) is 0 Å². The molecule has 0 saturated heterocycles. The van der Waals surface area contributed by atoms with Gasteiger partial charge in [-0.25, -0.2) is 4.68 Å². The molecule has 0 aliphatic rings. The summed E-state index contributed by atoms with van der Waals surface area (Å²) in [6, 6.07) is -0.349. The van der Waals surface area contributed by atoms with Gasteiger partial charge in [-0.1, -0.05) is 20.8 Å². The first kappa shape index (κ1) is 18.5. The molecule has 0 saturated carbocycles. The van der Waals surface area contributed by atoms with Gasteiger partial charge in [0.25, 0.3) is 0 Å². The summed E-state index contributed by atoms with van der Waals surface area (Å²) in [5.41, 5.74) is 1.18. The van der Waals surface area contributed by atoms with Crippen LogP contribution in [0.2, 0.25) is 0 Å². The third-order valence-electron chi connectivity index (χ3n) is 3.44. The maximum atomic E-state index is 12.8. The fourth-order valence-electron chi connectivity index (χ4n) is 2.48. The van der Waals surface area contributed by atoms with Gasteiger partial charge >= 0.3 is 6.55 Å². The summed E-state index contributed by atoms with van der Waals surface area (Å²) in [4.78, 5) is 12.1. The highest BCUT2D eigenvalue weighted by atomic mass is 19.3. The minimum Gasteiger partial charge on any atom is -0.394 e. The van der Waals surface area contributed by atoms with Crippen molar-refractivity contribution in [2.45, 2.75) is 60.1 Å². The van der Waals surface area contributed by atoms with E-state index in [9.17, 15) is 18.7 Å². The molecule has 0 aliphatic carbocycles. The first-order valence-corrected chi connectivity index (χ1v) is 7.28. The molecule has 5 nitrogen and oxygen atoms in total. The number of aromatic nitrogens is 2. The molecular formula is C15H25F2N3O2. The molecule has 1 rings (SSSR count). The normalized spacial score (nSPS) is 13.5. The molecule has 0 aromatic carbocycles. The van der Waals surface area contributed by atoms with Crippen LogP contribution in [0.5, 0.6) is 0 Å². The molecule has 2 N–H and O–H groups in total. The Labute approximate surface area is 129 Å². The Morgan fingerprint density at radius 2 is 1.95 bits per heavy atom. The number of nitrogens with zero attached hydrogens (tertiary/aromatic N) is 2. The molecule has 126 valence electrons. The van der Waals surface area contributed by atoms with Crippen molar-refractivity contribution in [3.05, 3.63) is 17.0 Å². The molecule has 1 amide bonds. The molecule has 0 spiro atoms. The average Bonchev–Trinajstić information content (AvgIpc) is 2.64. The van der Waals surface area contributed by atoms with Gasteiger partial charge < -0.3 is 10.4 Å². The zero-order chi connectivity index (χ0) is 17.1. The van der Waals surface area contributed by atoms with Crippen LogP contribution in [0, 0.1) is 19.3 Å². The van der Waals surface area contributed by atoms with Crippen molar-refractivity contribution < 1.29 is 18.7 Å². The van der Waals surface area contributed by atoms with Gasteiger partial charge in [0.1, 0.15) is 0 Å². The van der Waals surface area contributed by atoms with E-state index in [4.69, 9.17) is 0 Å². The van der Waals surface area contributed by atoms with Crippen LogP contribution in [-0.2, 0) is 11.2 Å². The summed E-state index contributed by atoms with van der Waals surface area (Å²) >= 11 is 0. The van der Waals surface area contributed by atoms with Crippen LogP contribution in [-0.4, -0.2) is 33.4 Å². The fraction of sp³-hybridized carbons (Fsp3) is 0.733. The second kappa shape index (κ2) is 7.17. The first-order chi connectivity index (χ1) is 10.0. The molecule has 1 heterocycles. The second-order valence-electron chi connectivity index (χ2n) is 6.76. The molecule has 7 heteroatoms. The molecule has 22 heavy (non-hydrogen) atoms. The number of carbonyl (C=O) groups excluding carboxylic acids is 1. The zero-order valence-corrected chi connectivity index (χ0v) is 13.8. The Morgan fingerprint density at radius 3 is 2.36 bits per heavy atom. The van der Waals surface area contributed by atoms with Crippen LogP contribution in [0.4, 0.5) is 8.78 Å². The molecule has 0 radical (unpaired) electrons. The lowest BCUT2D eigenvalue weighted by Crippen LogP contribution is -2.40. The van der Waals surface area contributed by atoms with Gasteiger partial charge in [-0.3, -0.25) is 4.79 Å². The Bertz CT molecular complexity index is 522. The van der Waals surface area contributed by atoms with Gasteiger partial charge in [0.2, 0.25) is 5.91 Å². The third-order valence-corrected chi connectivity index (χ3v) is 3.44. The van der Waals surface area contributed by atoms with Crippen molar-refractivity contribution >= 4 is 5.91 Å². The highest BCUT2D eigenvalue weighted by Gasteiger charge is 2.22. The van der Waals surface area contributed by atoms with Crippen molar-refractivity contribution in [2.24, 2.45) is 5.41 Å². The Balaban J connectivity index is 2.77. The zero-order valence-electron chi connectivity index (χ0n) is 13.8. The molecule has 1 aromatic rings. The number of aliphatic hydroxyl groups excluding tert-OH is 1. The van der Waals surface area contributed by atoms with Crippen molar-refractivity contribution in [1.29, 1.82) is 0 Å². The van der Waals surface area contributed by atoms with Gasteiger partial charge in [-0.2, -0.15) is 13.9 Å². The summed E-state index contributed by atoms with van der Waals surface area (Å²) in [5, 5.41) is 15.9. The minimum atomic E-state index is -2.72. The van der Waals surface area contributed by atoms with Crippen molar-refractivity contribution in [2.75, 3.05) is 6.61 Å². The summed E-state index contributed by atoms with van der Waals surface area (Å²) in [6.45, 7) is 6.30. The number of nitrogens with one attached hydrogen (secondary N) is 1. The number of amides is 1. The van der Waals surface area contributed by atoms with Crippen molar-refractivity contribution in [3.63, 3.8) is 0 Å². The second-order valence-corrected chi connectivity index (χ2v) is 6.76. The van der Waals surface area contributed by atoms with E-state index in [0.717, 1.165) is 0 Å². The highest BCUT2D eigenvalue weighted by molar-refractivity contribution is 5.79. The lowest BCUT2D eigenvalue weighted by molar-refractivity contribution is -0.121. The third kappa shape index (κ3) is 5.05. The smallest absolute Gasteiger partial charge is 0.333 e. The Morgan fingerprint density at radius 1 is 1.36 bits per heavy atom. The standard InChI is InChI=1S/C15H25F2N3O2/c1-9-12(10(2)20(19-9)14(16)17)6-13(22)18-11(8-21)7-15(3,4)5/h11,14,21H,6-8H2,1-5H3,(H,18,22). The number of aryl methyl sites for hydroxylation is 1. The molecule has 0 bridgehead atoms. The number of rotatable bonds is 6. The number of alkyl halides is 2. The number of hydrogen-bond acceptors (Lipinski definition) is 3. The van der Waals surface area contributed by atoms with E-state index in [0.29, 0.717) is 28.1 Å². The summed E-state index contributed by atoms with van der Waals surface area (Å²) in [7, 11) is 0. The molecule has 1 atom stereocenters. The number of aliphatic hydroxyl groups is 1. The van der Waals surface area contributed by atoms with Crippen LogP contribution in [0.3, 0.4) is 0 Å². The maximum Gasteiger partial charge on any atom is 0.333 e. The summed E-state index contributed by atoms with van der Waals surface area (Å²) in [6.07, 6.45) is 0.606. The molecular weight excluding hydrogens is 292 g/mol. The summed E-state index contributed by atoms with van der Waals surface area (Å²) < 4.78 is 26.2. The highest BCUT2D eigenvalue weighted by Crippen LogP contribution is 2.22.